The second kappa shape index (κ2) is 5.37. The summed E-state index contributed by atoms with van der Waals surface area (Å²) in [7, 11) is 0. The van der Waals surface area contributed by atoms with E-state index >= 15 is 0 Å². The number of allylic oxidation sites excluding steroid dienone is 2. The summed E-state index contributed by atoms with van der Waals surface area (Å²) < 4.78 is 0. The van der Waals surface area contributed by atoms with Crippen LogP contribution in [0.4, 0.5) is 5.69 Å². The minimum absolute atomic E-state index is 0.547. The molecule has 2 aliphatic rings. The van der Waals surface area contributed by atoms with Crippen molar-refractivity contribution in [2.45, 2.75) is 26.7 Å². The largest absolute Gasteiger partial charge is 0.331 e. The maximum atomic E-state index is 5.32. The minimum atomic E-state index is 0.547. The van der Waals surface area contributed by atoms with Gasteiger partial charge in [-0.3, -0.25) is 5.43 Å². The molecule has 0 amide bonds. The molecule has 1 aromatic carbocycles. The Morgan fingerprint density at radius 1 is 1.30 bits per heavy atom. The number of fused-ring (bicyclic) bond motifs is 1. The zero-order valence-corrected chi connectivity index (χ0v) is 12.6. The number of rotatable bonds is 2. The molecule has 1 fully saturated rings. The van der Waals surface area contributed by atoms with Crippen LogP contribution in [-0.2, 0) is 0 Å². The highest BCUT2D eigenvalue weighted by Gasteiger charge is 2.37. The van der Waals surface area contributed by atoms with Crippen LogP contribution < -0.4 is 10.7 Å². The molecule has 0 unspecified atom stereocenters. The van der Waals surface area contributed by atoms with Crippen molar-refractivity contribution in [3.05, 3.63) is 41.5 Å². The van der Waals surface area contributed by atoms with Gasteiger partial charge in [0.05, 0.1) is 0 Å². The Kier molecular flexibility index (Phi) is 3.57. The van der Waals surface area contributed by atoms with Gasteiger partial charge in [-0.05, 0) is 56.0 Å². The lowest BCUT2D eigenvalue weighted by molar-refractivity contribution is 0.444. The highest BCUT2D eigenvalue weighted by molar-refractivity contribution is 7.80. The van der Waals surface area contributed by atoms with E-state index in [2.05, 4.69) is 54.0 Å². The van der Waals surface area contributed by atoms with Gasteiger partial charge in [-0.1, -0.05) is 30.4 Å². The summed E-state index contributed by atoms with van der Waals surface area (Å²) in [6.07, 6.45) is 6.81. The predicted molar refractivity (Wildman–Crippen MR) is 88.1 cm³/mol. The maximum absolute atomic E-state index is 5.32. The molecule has 0 bridgehead atoms. The lowest BCUT2D eigenvalue weighted by Crippen LogP contribution is -2.36. The van der Waals surface area contributed by atoms with Gasteiger partial charge in [-0.15, -0.1) is 0 Å². The fraction of sp³-hybridized carbons (Fsp3) is 0.375. The van der Waals surface area contributed by atoms with Gasteiger partial charge >= 0.3 is 0 Å². The number of nitrogens with one attached hydrogen (secondary N) is 2. The maximum Gasteiger partial charge on any atom is 0.191 e. The van der Waals surface area contributed by atoms with Gasteiger partial charge in [0.15, 0.2) is 5.11 Å². The number of anilines is 1. The molecule has 0 spiro atoms. The van der Waals surface area contributed by atoms with E-state index in [-0.39, 0.29) is 0 Å². The van der Waals surface area contributed by atoms with Crippen molar-refractivity contribution in [1.82, 2.24) is 5.43 Å². The Balaban J connectivity index is 1.61. The van der Waals surface area contributed by atoms with Gasteiger partial charge < -0.3 is 5.32 Å². The average molecular weight is 285 g/mol. The summed E-state index contributed by atoms with van der Waals surface area (Å²) >= 11 is 5.32. The van der Waals surface area contributed by atoms with E-state index in [9.17, 15) is 0 Å². The molecule has 0 saturated heterocycles. The van der Waals surface area contributed by atoms with Gasteiger partial charge in [-0.25, -0.2) is 0 Å². The highest BCUT2D eigenvalue weighted by Crippen LogP contribution is 2.40. The van der Waals surface area contributed by atoms with Crippen LogP contribution in [0, 0.1) is 25.7 Å². The Bertz CT molecular complexity index is 583. The summed E-state index contributed by atoms with van der Waals surface area (Å²) in [6, 6.07) is 6.20. The summed E-state index contributed by atoms with van der Waals surface area (Å²) in [5.74, 6) is 1.33. The van der Waals surface area contributed by atoms with Gasteiger partial charge in [0.25, 0.3) is 0 Å². The van der Waals surface area contributed by atoms with E-state index in [0.29, 0.717) is 11.0 Å². The zero-order chi connectivity index (χ0) is 14.1. The summed E-state index contributed by atoms with van der Waals surface area (Å²) in [5, 5.41) is 8.23. The van der Waals surface area contributed by atoms with Crippen molar-refractivity contribution in [1.29, 1.82) is 0 Å². The first-order valence-corrected chi connectivity index (χ1v) is 7.42. The third-order valence-electron chi connectivity index (χ3n) is 4.17. The van der Waals surface area contributed by atoms with E-state index in [4.69, 9.17) is 12.2 Å². The minimum Gasteiger partial charge on any atom is -0.331 e. The Hall–Kier alpha value is -1.68. The molecule has 1 aromatic rings. The number of nitrogens with zero attached hydrogens (tertiary/aromatic N) is 1. The van der Waals surface area contributed by atoms with E-state index in [1.807, 2.05) is 6.07 Å². The van der Waals surface area contributed by atoms with Gasteiger partial charge in [0, 0.05) is 17.3 Å². The van der Waals surface area contributed by atoms with E-state index in [1.165, 1.54) is 23.3 Å². The molecule has 4 heteroatoms. The lowest BCUT2D eigenvalue weighted by Gasteiger charge is -2.31. The van der Waals surface area contributed by atoms with Crippen LogP contribution in [0.25, 0.3) is 0 Å². The summed E-state index contributed by atoms with van der Waals surface area (Å²) in [5.41, 5.74) is 7.63. The normalized spacial score (nSPS) is 25.2. The van der Waals surface area contributed by atoms with E-state index in [0.717, 1.165) is 18.0 Å². The SMILES string of the molecule is Cc1cccc(C)c1NC(=S)N/N=C1/C[C@@H]2CC=C[C@H]12. The molecule has 2 aliphatic carbocycles. The molecule has 0 aliphatic heterocycles. The van der Waals surface area contributed by atoms with E-state index in [1.54, 1.807) is 0 Å². The number of benzene rings is 1. The fourth-order valence-corrected chi connectivity index (χ4v) is 3.08. The molecule has 0 aromatic heterocycles. The van der Waals surface area contributed by atoms with Gasteiger partial charge in [0.1, 0.15) is 0 Å². The van der Waals surface area contributed by atoms with E-state index < -0.39 is 0 Å². The average Bonchev–Trinajstić information content (AvgIpc) is 2.76. The highest BCUT2D eigenvalue weighted by atomic mass is 32.1. The Morgan fingerprint density at radius 3 is 2.75 bits per heavy atom. The number of thiocarbonyl (C=S) groups is 1. The summed E-state index contributed by atoms with van der Waals surface area (Å²) in [4.78, 5) is 0. The topological polar surface area (TPSA) is 36.4 Å². The number of aryl methyl sites for hydroxylation is 2. The second-order valence-corrected chi connectivity index (χ2v) is 6.00. The zero-order valence-electron chi connectivity index (χ0n) is 11.8. The smallest absolute Gasteiger partial charge is 0.191 e. The molecule has 0 radical (unpaired) electrons. The van der Waals surface area contributed by atoms with Crippen LogP contribution in [0.3, 0.4) is 0 Å². The first-order valence-electron chi connectivity index (χ1n) is 7.01. The van der Waals surface area contributed by atoms with Crippen molar-refractivity contribution in [2.24, 2.45) is 16.9 Å². The predicted octanol–water partition coefficient (Wildman–Crippen LogP) is 3.54. The molecule has 1 saturated carbocycles. The molecule has 2 atom stereocenters. The Labute approximate surface area is 125 Å². The standard InChI is InChI=1S/C16H19N3S/c1-10-5-3-6-11(2)15(10)17-16(20)19-18-14-9-12-7-4-8-13(12)14/h3-6,8,12-13H,7,9H2,1-2H3,(H2,17,19,20)/b18-14-/t12-,13-/m0/s1. The fourth-order valence-electron chi connectivity index (χ4n) is 2.94. The summed E-state index contributed by atoms with van der Waals surface area (Å²) in [6.45, 7) is 4.15. The quantitative estimate of drug-likeness (QED) is 0.496. The number of hydrogen-bond acceptors (Lipinski definition) is 2. The van der Waals surface area contributed by atoms with Crippen molar-refractivity contribution in [3.63, 3.8) is 0 Å². The van der Waals surface area contributed by atoms with Crippen molar-refractivity contribution < 1.29 is 0 Å². The van der Waals surface area contributed by atoms with Gasteiger partial charge in [0.2, 0.25) is 0 Å². The van der Waals surface area contributed by atoms with Crippen LogP contribution in [0.1, 0.15) is 24.0 Å². The van der Waals surface area contributed by atoms with Crippen LogP contribution in [0.15, 0.2) is 35.5 Å². The molecule has 2 N–H and O–H groups in total. The lowest BCUT2D eigenvalue weighted by atomic mass is 9.74. The molecule has 0 heterocycles. The van der Waals surface area contributed by atoms with Crippen LogP contribution in [0.2, 0.25) is 0 Å². The first kappa shape index (κ1) is 13.3. The molecule has 3 nitrogen and oxygen atoms in total. The number of hydrazone groups is 1. The van der Waals surface area contributed by atoms with Gasteiger partial charge in [-0.2, -0.15) is 5.10 Å². The molecular formula is C16H19N3S. The number of hydrogen-bond donors (Lipinski definition) is 2. The molecule has 3 rings (SSSR count). The molecular weight excluding hydrogens is 266 g/mol. The molecule has 20 heavy (non-hydrogen) atoms. The Morgan fingerprint density at radius 2 is 2.05 bits per heavy atom. The first-order chi connectivity index (χ1) is 9.65. The van der Waals surface area contributed by atoms with Crippen LogP contribution in [-0.4, -0.2) is 10.8 Å². The van der Waals surface area contributed by atoms with Crippen LogP contribution in [0.5, 0.6) is 0 Å². The third kappa shape index (κ3) is 2.48. The third-order valence-corrected chi connectivity index (χ3v) is 4.36. The monoisotopic (exact) mass is 285 g/mol. The second-order valence-electron chi connectivity index (χ2n) is 5.59. The van der Waals surface area contributed by atoms with Crippen LogP contribution >= 0.6 is 12.2 Å². The molecule has 104 valence electrons. The van der Waals surface area contributed by atoms with Crippen molar-refractivity contribution in [3.8, 4) is 0 Å². The van der Waals surface area contributed by atoms with Crippen molar-refractivity contribution in [2.75, 3.05) is 5.32 Å². The number of para-hydroxylation sites is 1. The van der Waals surface area contributed by atoms with Crippen molar-refractivity contribution >= 4 is 28.7 Å².